The Morgan fingerprint density at radius 2 is 2.00 bits per heavy atom. The number of rotatable bonds is 4. The van der Waals surface area contributed by atoms with Crippen LogP contribution in [0.5, 0.6) is 0 Å². The Morgan fingerprint density at radius 3 is 2.59 bits per heavy atom. The van der Waals surface area contributed by atoms with Crippen molar-refractivity contribution in [2.24, 2.45) is 11.8 Å². The average Bonchev–Trinajstić information content (AvgIpc) is 2.79. The normalized spacial score (nSPS) is 21.5. The lowest BCUT2D eigenvalue weighted by Gasteiger charge is -2.24. The van der Waals surface area contributed by atoms with Gasteiger partial charge < -0.3 is 15.3 Å². The molecule has 0 spiro atoms. The van der Waals surface area contributed by atoms with E-state index in [2.05, 4.69) is 5.32 Å². The van der Waals surface area contributed by atoms with Gasteiger partial charge in [-0.25, -0.2) is 0 Å². The lowest BCUT2D eigenvalue weighted by molar-refractivity contribution is -0.141. The van der Waals surface area contributed by atoms with Gasteiger partial charge in [0.1, 0.15) is 0 Å². The van der Waals surface area contributed by atoms with E-state index in [1.807, 2.05) is 0 Å². The number of amides is 2. The average molecular weight is 302 g/mol. The second-order valence-corrected chi connectivity index (χ2v) is 5.91. The fourth-order valence-electron chi connectivity index (χ4n) is 2.79. The summed E-state index contributed by atoms with van der Waals surface area (Å²) >= 11 is 0. The molecular weight excluding hydrogens is 284 g/mol. The van der Waals surface area contributed by atoms with Crippen LogP contribution in [0.3, 0.4) is 0 Å². The molecule has 3 rings (SSSR count). The summed E-state index contributed by atoms with van der Waals surface area (Å²) in [5.41, 5.74) is 1.26. The van der Waals surface area contributed by atoms with Crippen LogP contribution in [0.25, 0.3) is 0 Å². The number of hydrogen-bond donors (Lipinski definition) is 2. The zero-order valence-electron chi connectivity index (χ0n) is 12.1. The molecule has 1 saturated heterocycles. The Kier molecular flexibility index (Phi) is 3.83. The quantitative estimate of drug-likeness (QED) is 0.889. The summed E-state index contributed by atoms with van der Waals surface area (Å²) in [6.07, 6.45) is 2.97. The van der Waals surface area contributed by atoms with Crippen LogP contribution in [0.2, 0.25) is 0 Å². The zero-order chi connectivity index (χ0) is 15.7. The summed E-state index contributed by atoms with van der Waals surface area (Å²) in [5, 5.41) is 11.9. The number of anilines is 2. The number of nitrogens with zero attached hydrogens (tertiary/aromatic N) is 1. The van der Waals surface area contributed by atoms with Gasteiger partial charge in [-0.15, -0.1) is 0 Å². The Morgan fingerprint density at radius 1 is 1.23 bits per heavy atom. The molecule has 1 aromatic carbocycles. The summed E-state index contributed by atoms with van der Waals surface area (Å²) in [6, 6.07) is 7.00. The molecule has 0 aromatic heterocycles. The van der Waals surface area contributed by atoms with Crippen LogP contribution < -0.4 is 10.2 Å². The maximum Gasteiger partial charge on any atom is 0.308 e. The van der Waals surface area contributed by atoms with Gasteiger partial charge in [-0.3, -0.25) is 14.4 Å². The minimum absolute atomic E-state index is 0.0135. The number of hydrogen-bond acceptors (Lipinski definition) is 3. The molecule has 6 nitrogen and oxygen atoms in total. The highest BCUT2D eigenvalue weighted by molar-refractivity contribution is 6.00. The summed E-state index contributed by atoms with van der Waals surface area (Å²) < 4.78 is 0. The second kappa shape index (κ2) is 5.79. The third-order valence-electron chi connectivity index (χ3n) is 4.38. The van der Waals surface area contributed by atoms with Crippen molar-refractivity contribution in [1.82, 2.24) is 0 Å². The molecule has 1 aliphatic heterocycles. The van der Waals surface area contributed by atoms with Gasteiger partial charge in [-0.1, -0.05) is 12.5 Å². The molecule has 1 aliphatic carbocycles. The van der Waals surface area contributed by atoms with Crippen molar-refractivity contribution in [3.8, 4) is 0 Å². The number of carboxylic acids is 1. The van der Waals surface area contributed by atoms with E-state index < -0.39 is 11.9 Å². The minimum atomic E-state index is -0.953. The van der Waals surface area contributed by atoms with E-state index in [9.17, 15) is 14.4 Å². The topological polar surface area (TPSA) is 86.7 Å². The number of nitrogens with one attached hydrogen (secondary N) is 1. The van der Waals surface area contributed by atoms with E-state index in [1.165, 1.54) is 4.90 Å². The van der Waals surface area contributed by atoms with Crippen molar-refractivity contribution < 1.29 is 19.5 Å². The minimum Gasteiger partial charge on any atom is -0.481 e. The second-order valence-electron chi connectivity index (χ2n) is 5.91. The lowest BCUT2D eigenvalue weighted by atomic mass is 9.85. The monoisotopic (exact) mass is 302 g/mol. The van der Waals surface area contributed by atoms with Crippen molar-refractivity contribution >= 4 is 29.2 Å². The van der Waals surface area contributed by atoms with Crippen LogP contribution in [-0.2, 0) is 14.4 Å². The maximum absolute atomic E-state index is 12.0. The van der Waals surface area contributed by atoms with Gasteiger partial charge in [-0.05, 0) is 31.0 Å². The van der Waals surface area contributed by atoms with Gasteiger partial charge in [0.2, 0.25) is 11.8 Å². The molecule has 0 radical (unpaired) electrons. The summed E-state index contributed by atoms with van der Waals surface area (Å²) in [5.74, 6) is -1.71. The molecule has 1 aromatic rings. The van der Waals surface area contributed by atoms with E-state index in [0.29, 0.717) is 11.4 Å². The first kappa shape index (κ1) is 14.6. The maximum atomic E-state index is 12.0. The van der Waals surface area contributed by atoms with Gasteiger partial charge in [0.15, 0.2) is 0 Å². The van der Waals surface area contributed by atoms with Gasteiger partial charge in [0.05, 0.1) is 5.92 Å². The predicted molar refractivity (Wildman–Crippen MR) is 80.5 cm³/mol. The number of benzene rings is 1. The molecule has 2 amide bonds. The van der Waals surface area contributed by atoms with Crippen molar-refractivity contribution in [2.75, 3.05) is 16.8 Å². The molecule has 2 aliphatic rings. The first-order valence-corrected chi connectivity index (χ1v) is 7.48. The number of carbonyl (C=O) groups excluding carboxylic acids is 2. The highest BCUT2D eigenvalue weighted by Gasteiger charge is 2.35. The zero-order valence-corrected chi connectivity index (χ0v) is 12.1. The SMILES string of the molecule is O=C(Nc1cccc(N2C[C@@H](C(=O)O)CC2=O)c1)C1CCC1. The molecule has 1 atom stereocenters. The van der Waals surface area contributed by atoms with Gasteiger partial charge in [0, 0.05) is 30.3 Å². The molecule has 0 bridgehead atoms. The highest BCUT2D eigenvalue weighted by Crippen LogP contribution is 2.30. The van der Waals surface area contributed by atoms with Crippen molar-refractivity contribution in [1.29, 1.82) is 0 Å². The third kappa shape index (κ3) is 2.81. The first-order chi connectivity index (χ1) is 10.5. The van der Waals surface area contributed by atoms with Crippen molar-refractivity contribution in [2.45, 2.75) is 25.7 Å². The molecule has 2 fully saturated rings. The molecule has 2 N–H and O–H groups in total. The Labute approximate surface area is 128 Å². The molecule has 22 heavy (non-hydrogen) atoms. The highest BCUT2D eigenvalue weighted by atomic mass is 16.4. The van der Waals surface area contributed by atoms with E-state index in [1.54, 1.807) is 24.3 Å². The molecule has 0 unspecified atom stereocenters. The van der Waals surface area contributed by atoms with Crippen LogP contribution in [0, 0.1) is 11.8 Å². The van der Waals surface area contributed by atoms with Crippen LogP contribution in [0.4, 0.5) is 11.4 Å². The Balaban J connectivity index is 1.72. The molecule has 6 heteroatoms. The fourth-order valence-corrected chi connectivity index (χ4v) is 2.79. The number of carbonyl (C=O) groups is 3. The smallest absolute Gasteiger partial charge is 0.308 e. The standard InChI is InChI=1S/C16H18N2O4/c19-14-7-11(16(21)22)9-18(14)13-6-2-5-12(8-13)17-15(20)10-3-1-4-10/h2,5-6,8,10-11H,1,3-4,7,9H2,(H,17,20)(H,21,22)/t11-/m0/s1. The van der Waals surface area contributed by atoms with Gasteiger partial charge in [-0.2, -0.15) is 0 Å². The molecule has 1 saturated carbocycles. The van der Waals surface area contributed by atoms with E-state index in [-0.39, 0.29) is 30.7 Å². The van der Waals surface area contributed by atoms with Crippen molar-refractivity contribution in [3.05, 3.63) is 24.3 Å². The predicted octanol–water partition coefficient (Wildman–Crippen LogP) is 1.86. The van der Waals surface area contributed by atoms with Crippen LogP contribution in [0.1, 0.15) is 25.7 Å². The Bertz CT molecular complexity index is 624. The molecule has 1 heterocycles. The van der Waals surface area contributed by atoms with Gasteiger partial charge in [0.25, 0.3) is 0 Å². The number of aliphatic carboxylic acids is 1. The fraction of sp³-hybridized carbons (Fsp3) is 0.438. The van der Waals surface area contributed by atoms with Crippen molar-refractivity contribution in [3.63, 3.8) is 0 Å². The van der Waals surface area contributed by atoms with E-state index in [0.717, 1.165) is 19.3 Å². The summed E-state index contributed by atoms with van der Waals surface area (Å²) in [4.78, 5) is 36.4. The Hall–Kier alpha value is -2.37. The van der Waals surface area contributed by atoms with Crippen LogP contribution >= 0.6 is 0 Å². The van der Waals surface area contributed by atoms with E-state index in [4.69, 9.17) is 5.11 Å². The third-order valence-corrected chi connectivity index (χ3v) is 4.38. The lowest BCUT2D eigenvalue weighted by Crippen LogP contribution is -2.28. The first-order valence-electron chi connectivity index (χ1n) is 7.48. The van der Waals surface area contributed by atoms with E-state index >= 15 is 0 Å². The summed E-state index contributed by atoms with van der Waals surface area (Å²) in [6.45, 7) is 0.175. The molecular formula is C16H18N2O4. The number of carboxylic acid groups (broad SMARTS) is 1. The van der Waals surface area contributed by atoms with Crippen LogP contribution in [0.15, 0.2) is 24.3 Å². The van der Waals surface area contributed by atoms with Gasteiger partial charge >= 0.3 is 5.97 Å². The van der Waals surface area contributed by atoms with Crippen LogP contribution in [-0.4, -0.2) is 29.4 Å². The summed E-state index contributed by atoms with van der Waals surface area (Å²) in [7, 11) is 0. The largest absolute Gasteiger partial charge is 0.481 e. The molecule has 116 valence electrons.